The van der Waals surface area contributed by atoms with Gasteiger partial charge in [-0.25, -0.2) is 0 Å². The van der Waals surface area contributed by atoms with Gasteiger partial charge in [0.2, 0.25) is 0 Å². The molecule has 1 aromatic carbocycles. The predicted molar refractivity (Wildman–Crippen MR) is 69.0 cm³/mol. The van der Waals surface area contributed by atoms with Crippen LogP contribution in [0, 0.1) is 26.7 Å². The van der Waals surface area contributed by atoms with E-state index in [9.17, 15) is 0 Å². The molecule has 0 heterocycles. The van der Waals surface area contributed by atoms with Crippen LogP contribution in [0.5, 0.6) is 5.75 Å². The van der Waals surface area contributed by atoms with E-state index in [2.05, 4.69) is 46.8 Å². The Bertz CT molecular complexity index is 358. The van der Waals surface area contributed by atoms with Crippen molar-refractivity contribution in [3.63, 3.8) is 0 Å². The van der Waals surface area contributed by atoms with Crippen molar-refractivity contribution in [2.24, 2.45) is 11.7 Å². The van der Waals surface area contributed by atoms with E-state index in [1.54, 1.807) is 0 Å². The third kappa shape index (κ3) is 2.99. The first kappa shape index (κ1) is 13.0. The Morgan fingerprint density at radius 3 is 2.25 bits per heavy atom. The van der Waals surface area contributed by atoms with E-state index < -0.39 is 0 Å². The highest BCUT2D eigenvalue weighted by atomic mass is 16.5. The molecular weight excluding hydrogens is 198 g/mol. The molecule has 1 aromatic rings. The van der Waals surface area contributed by atoms with Gasteiger partial charge in [0.25, 0.3) is 0 Å². The van der Waals surface area contributed by atoms with Crippen molar-refractivity contribution in [1.29, 1.82) is 0 Å². The fourth-order valence-corrected chi connectivity index (χ4v) is 1.52. The predicted octanol–water partition coefficient (Wildman–Crippen LogP) is 2.97. The largest absolute Gasteiger partial charge is 0.491 e. The number of aryl methyl sites for hydroxylation is 2. The normalized spacial score (nSPS) is 12.9. The number of hydrogen-bond acceptors (Lipinski definition) is 2. The maximum atomic E-state index is 5.98. The number of benzene rings is 1. The summed E-state index contributed by atoms with van der Waals surface area (Å²) in [5.41, 5.74) is 9.64. The third-order valence-electron chi connectivity index (χ3n) is 3.15. The lowest BCUT2D eigenvalue weighted by molar-refractivity contribution is 0.256. The molecule has 2 N–H and O–H groups in total. The maximum Gasteiger partial charge on any atom is 0.125 e. The van der Waals surface area contributed by atoms with Gasteiger partial charge in [-0.3, -0.25) is 0 Å². The Morgan fingerprint density at radius 2 is 1.69 bits per heavy atom. The zero-order valence-corrected chi connectivity index (χ0v) is 11.0. The number of ether oxygens (including phenoxy) is 1. The molecule has 0 saturated heterocycles. The van der Waals surface area contributed by atoms with Crippen LogP contribution >= 0.6 is 0 Å². The van der Waals surface area contributed by atoms with Crippen LogP contribution in [0.4, 0.5) is 0 Å². The SMILES string of the molecule is Cc1ccc(C)c(OC[C@H](N)C(C)C)c1C. The average molecular weight is 221 g/mol. The van der Waals surface area contributed by atoms with Crippen molar-refractivity contribution in [3.8, 4) is 5.75 Å². The van der Waals surface area contributed by atoms with Crippen molar-refractivity contribution in [1.82, 2.24) is 0 Å². The molecule has 1 atom stereocenters. The lowest BCUT2D eigenvalue weighted by Gasteiger charge is -2.19. The fourth-order valence-electron chi connectivity index (χ4n) is 1.52. The Kier molecular flexibility index (Phi) is 4.36. The van der Waals surface area contributed by atoms with Crippen molar-refractivity contribution in [2.45, 2.75) is 40.7 Å². The minimum atomic E-state index is 0.0966. The molecule has 0 fully saturated rings. The molecule has 0 bridgehead atoms. The summed E-state index contributed by atoms with van der Waals surface area (Å²) in [6.07, 6.45) is 0. The van der Waals surface area contributed by atoms with Gasteiger partial charge in [0.05, 0.1) is 0 Å². The second kappa shape index (κ2) is 5.35. The summed E-state index contributed by atoms with van der Waals surface area (Å²) in [5.74, 6) is 1.45. The molecule has 90 valence electrons. The van der Waals surface area contributed by atoms with Crippen LogP contribution in [-0.4, -0.2) is 12.6 Å². The molecule has 16 heavy (non-hydrogen) atoms. The average Bonchev–Trinajstić information content (AvgIpc) is 2.23. The molecule has 0 saturated carbocycles. The fraction of sp³-hybridized carbons (Fsp3) is 0.571. The van der Waals surface area contributed by atoms with Crippen LogP contribution in [0.25, 0.3) is 0 Å². The van der Waals surface area contributed by atoms with Gasteiger partial charge in [-0.2, -0.15) is 0 Å². The summed E-state index contributed by atoms with van der Waals surface area (Å²) in [7, 11) is 0. The topological polar surface area (TPSA) is 35.2 Å². The zero-order valence-electron chi connectivity index (χ0n) is 11.0. The molecule has 0 spiro atoms. The van der Waals surface area contributed by atoms with Crippen molar-refractivity contribution in [3.05, 3.63) is 28.8 Å². The van der Waals surface area contributed by atoms with Crippen LogP contribution < -0.4 is 10.5 Å². The Hall–Kier alpha value is -1.02. The summed E-state index contributed by atoms with van der Waals surface area (Å²) in [5, 5.41) is 0. The lowest BCUT2D eigenvalue weighted by atomic mass is 10.0. The van der Waals surface area contributed by atoms with E-state index in [1.807, 2.05) is 0 Å². The van der Waals surface area contributed by atoms with E-state index in [4.69, 9.17) is 10.5 Å². The number of rotatable bonds is 4. The van der Waals surface area contributed by atoms with Gasteiger partial charge in [-0.05, 0) is 43.4 Å². The summed E-state index contributed by atoms with van der Waals surface area (Å²) >= 11 is 0. The van der Waals surface area contributed by atoms with E-state index in [1.165, 1.54) is 16.7 Å². The monoisotopic (exact) mass is 221 g/mol. The van der Waals surface area contributed by atoms with E-state index >= 15 is 0 Å². The zero-order chi connectivity index (χ0) is 12.3. The maximum absolute atomic E-state index is 5.98. The summed E-state index contributed by atoms with van der Waals surface area (Å²) < 4.78 is 5.85. The highest BCUT2D eigenvalue weighted by molar-refractivity contribution is 5.44. The molecule has 0 amide bonds. The first-order valence-electron chi connectivity index (χ1n) is 5.88. The van der Waals surface area contributed by atoms with E-state index in [0.29, 0.717) is 12.5 Å². The van der Waals surface area contributed by atoms with E-state index in [0.717, 1.165) is 5.75 Å². The second-order valence-electron chi connectivity index (χ2n) is 4.87. The minimum Gasteiger partial charge on any atom is -0.491 e. The minimum absolute atomic E-state index is 0.0966. The van der Waals surface area contributed by atoms with Crippen LogP contribution in [-0.2, 0) is 0 Å². The van der Waals surface area contributed by atoms with Gasteiger partial charge in [0, 0.05) is 6.04 Å². The molecular formula is C14H23NO. The summed E-state index contributed by atoms with van der Waals surface area (Å²) in [6.45, 7) is 11.1. The number of hydrogen-bond donors (Lipinski definition) is 1. The molecule has 0 aliphatic heterocycles. The van der Waals surface area contributed by atoms with Crippen LogP contribution in [0.15, 0.2) is 12.1 Å². The molecule has 0 aliphatic carbocycles. The quantitative estimate of drug-likeness (QED) is 0.848. The highest BCUT2D eigenvalue weighted by Crippen LogP contribution is 2.25. The summed E-state index contributed by atoms with van der Waals surface area (Å²) in [6, 6.07) is 4.32. The van der Waals surface area contributed by atoms with Gasteiger partial charge in [-0.1, -0.05) is 26.0 Å². The highest BCUT2D eigenvalue weighted by Gasteiger charge is 2.11. The molecule has 0 aromatic heterocycles. The van der Waals surface area contributed by atoms with Crippen molar-refractivity contribution >= 4 is 0 Å². The van der Waals surface area contributed by atoms with Crippen molar-refractivity contribution < 1.29 is 4.74 Å². The third-order valence-corrected chi connectivity index (χ3v) is 3.15. The van der Waals surface area contributed by atoms with E-state index in [-0.39, 0.29) is 6.04 Å². The molecule has 0 radical (unpaired) electrons. The van der Waals surface area contributed by atoms with Gasteiger partial charge in [0.1, 0.15) is 12.4 Å². The van der Waals surface area contributed by atoms with Gasteiger partial charge in [-0.15, -0.1) is 0 Å². The van der Waals surface area contributed by atoms with Gasteiger partial charge < -0.3 is 10.5 Å². The second-order valence-corrected chi connectivity index (χ2v) is 4.87. The van der Waals surface area contributed by atoms with Crippen molar-refractivity contribution in [2.75, 3.05) is 6.61 Å². The van der Waals surface area contributed by atoms with Gasteiger partial charge >= 0.3 is 0 Å². The first-order chi connectivity index (χ1) is 7.43. The Morgan fingerprint density at radius 1 is 1.12 bits per heavy atom. The Balaban J connectivity index is 2.77. The standard InChI is InChI=1S/C14H23NO/c1-9(2)13(15)8-16-14-11(4)7-6-10(3)12(14)5/h6-7,9,13H,8,15H2,1-5H3/t13-/m0/s1. The molecule has 2 nitrogen and oxygen atoms in total. The summed E-state index contributed by atoms with van der Waals surface area (Å²) in [4.78, 5) is 0. The number of nitrogens with two attached hydrogens (primary N) is 1. The lowest BCUT2D eigenvalue weighted by Crippen LogP contribution is -2.33. The van der Waals surface area contributed by atoms with Gasteiger partial charge in [0.15, 0.2) is 0 Å². The Labute approximate surface area is 98.8 Å². The molecule has 1 rings (SSSR count). The first-order valence-corrected chi connectivity index (χ1v) is 5.88. The smallest absolute Gasteiger partial charge is 0.125 e. The van der Waals surface area contributed by atoms with Crippen LogP contribution in [0.3, 0.4) is 0 Å². The molecule has 0 unspecified atom stereocenters. The van der Waals surface area contributed by atoms with Crippen LogP contribution in [0.2, 0.25) is 0 Å². The molecule has 0 aliphatic rings. The molecule has 2 heteroatoms. The van der Waals surface area contributed by atoms with Crippen LogP contribution in [0.1, 0.15) is 30.5 Å².